The van der Waals surface area contributed by atoms with Crippen LogP contribution in [0, 0.1) is 5.92 Å². The van der Waals surface area contributed by atoms with E-state index in [9.17, 15) is 4.79 Å². The summed E-state index contributed by atoms with van der Waals surface area (Å²) in [6, 6.07) is 7.72. The first kappa shape index (κ1) is 11.9. The van der Waals surface area contributed by atoms with Crippen LogP contribution in [0.15, 0.2) is 24.3 Å². The summed E-state index contributed by atoms with van der Waals surface area (Å²) in [5.74, 6) is 0.324. The van der Waals surface area contributed by atoms with Crippen LogP contribution in [0.25, 0.3) is 0 Å². The Kier molecular flexibility index (Phi) is 4.50. The molecule has 2 heteroatoms. The summed E-state index contributed by atoms with van der Waals surface area (Å²) in [6.45, 7) is 3.87. The number of aliphatic hydroxyl groups is 1. The minimum atomic E-state index is 0.0442. The van der Waals surface area contributed by atoms with Crippen molar-refractivity contribution in [1.29, 1.82) is 0 Å². The molecular formula is C13H18O2. The van der Waals surface area contributed by atoms with Crippen LogP contribution in [0.3, 0.4) is 0 Å². The normalized spacial score (nSPS) is 12.5. The number of ketones is 1. The van der Waals surface area contributed by atoms with Crippen molar-refractivity contribution < 1.29 is 9.90 Å². The molecule has 0 aliphatic heterocycles. The van der Waals surface area contributed by atoms with Gasteiger partial charge in [-0.1, -0.05) is 38.1 Å². The predicted molar refractivity (Wildman–Crippen MR) is 60.5 cm³/mol. The van der Waals surface area contributed by atoms with Gasteiger partial charge in [-0.2, -0.15) is 0 Å². The van der Waals surface area contributed by atoms with Crippen LogP contribution in [0.4, 0.5) is 0 Å². The first-order valence-corrected chi connectivity index (χ1v) is 5.39. The van der Waals surface area contributed by atoms with Crippen LogP contribution in [-0.4, -0.2) is 10.9 Å². The molecule has 0 bridgehead atoms. The number of aliphatic hydroxyl groups excluding tert-OH is 1. The number of benzene rings is 1. The van der Waals surface area contributed by atoms with Crippen molar-refractivity contribution in [2.24, 2.45) is 5.92 Å². The minimum absolute atomic E-state index is 0.0442. The average Bonchev–Trinajstić information content (AvgIpc) is 2.28. The summed E-state index contributed by atoms with van der Waals surface area (Å²) in [6.07, 6.45) is 1.31. The Bertz CT molecular complexity index is 331. The second kappa shape index (κ2) is 5.66. The fourth-order valence-electron chi connectivity index (χ4n) is 1.70. The van der Waals surface area contributed by atoms with Gasteiger partial charge in [0.15, 0.2) is 0 Å². The molecule has 2 nitrogen and oxygen atoms in total. The summed E-state index contributed by atoms with van der Waals surface area (Å²) in [4.78, 5) is 11.5. The molecule has 0 amide bonds. The molecule has 0 radical (unpaired) electrons. The maximum absolute atomic E-state index is 11.5. The van der Waals surface area contributed by atoms with Gasteiger partial charge in [0.05, 0.1) is 6.61 Å². The van der Waals surface area contributed by atoms with E-state index in [4.69, 9.17) is 5.11 Å². The van der Waals surface area contributed by atoms with Gasteiger partial charge in [0.2, 0.25) is 0 Å². The van der Waals surface area contributed by atoms with Crippen molar-refractivity contribution in [1.82, 2.24) is 0 Å². The fourth-order valence-corrected chi connectivity index (χ4v) is 1.70. The highest BCUT2D eigenvalue weighted by Crippen LogP contribution is 2.15. The van der Waals surface area contributed by atoms with Crippen molar-refractivity contribution in [2.75, 3.05) is 0 Å². The maximum Gasteiger partial charge on any atom is 0.135 e. The summed E-state index contributed by atoms with van der Waals surface area (Å²) in [7, 11) is 0. The van der Waals surface area contributed by atoms with E-state index in [0.29, 0.717) is 6.42 Å². The van der Waals surface area contributed by atoms with E-state index in [-0.39, 0.29) is 18.3 Å². The van der Waals surface area contributed by atoms with E-state index in [2.05, 4.69) is 0 Å². The lowest BCUT2D eigenvalue weighted by molar-refractivity contribution is -0.122. The molecule has 82 valence electrons. The highest BCUT2D eigenvalue weighted by molar-refractivity contribution is 5.80. The van der Waals surface area contributed by atoms with Crippen molar-refractivity contribution in [3.05, 3.63) is 35.4 Å². The average molecular weight is 206 g/mol. The highest BCUT2D eigenvalue weighted by atomic mass is 16.3. The van der Waals surface area contributed by atoms with E-state index in [1.54, 1.807) is 0 Å². The number of Topliss-reactive ketones (excluding diaryl/α,β-unsaturated/α-hetero) is 1. The van der Waals surface area contributed by atoms with Gasteiger partial charge in [-0.3, -0.25) is 4.79 Å². The zero-order valence-electron chi connectivity index (χ0n) is 9.36. The third-order valence-corrected chi connectivity index (χ3v) is 2.71. The van der Waals surface area contributed by atoms with Gasteiger partial charge in [0, 0.05) is 12.3 Å². The van der Waals surface area contributed by atoms with Crippen LogP contribution < -0.4 is 0 Å². The molecule has 1 aromatic carbocycles. The van der Waals surface area contributed by atoms with Crippen molar-refractivity contribution in [3.8, 4) is 0 Å². The second-order valence-corrected chi connectivity index (χ2v) is 3.85. The van der Waals surface area contributed by atoms with E-state index < -0.39 is 0 Å². The highest BCUT2D eigenvalue weighted by Gasteiger charge is 2.12. The Morgan fingerprint density at radius 1 is 1.33 bits per heavy atom. The third kappa shape index (κ3) is 3.17. The van der Waals surface area contributed by atoms with Gasteiger partial charge in [0.25, 0.3) is 0 Å². The third-order valence-electron chi connectivity index (χ3n) is 2.71. The number of hydrogen-bond acceptors (Lipinski definition) is 2. The van der Waals surface area contributed by atoms with Crippen LogP contribution in [0.5, 0.6) is 0 Å². The molecule has 1 rings (SSSR count). The second-order valence-electron chi connectivity index (χ2n) is 3.85. The molecule has 15 heavy (non-hydrogen) atoms. The molecule has 0 aliphatic rings. The SMILES string of the molecule is CCC(=O)C(C)Cc1ccccc1CO. The lowest BCUT2D eigenvalue weighted by Crippen LogP contribution is -2.13. The molecule has 1 N–H and O–H groups in total. The number of hydrogen-bond donors (Lipinski definition) is 1. The van der Waals surface area contributed by atoms with E-state index in [0.717, 1.165) is 17.5 Å². The lowest BCUT2D eigenvalue weighted by atomic mass is 9.93. The van der Waals surface area contributed by atoms with Gasteiger partial charge < -0.3 is 5.11 Å². The van der Waals surface area contributed by atoms with E-state index in [1.807, 2.05) is 38.1 Å². The van der Waals surface area contributed by atoms with Crippen molar-refractivity contribution in [2.45, 2.75) is 33.3 Å². The molecular weight excluding hydrogens is 188 g/mol. The number of rotatable bonds is 5. The monoisotopic (exact) mass is 206 g/mol. The predicted octanol–water partition coefficient (Wildman–Crippen LogP) is 2.34. The molecule has 0 spiro atoms. The van der Waals surface area contributed by atoms with Crippen LogP contribution in [-0.2, 0) is 17.8 Å². The van der Waals surface area contributed by atoms with Gasteiger partial charge in [-0.05, 0) is 17.5 Å². The molecule has 1 unspecified atom stereocenters. The first-order valence-electron chi connectivity index (χ1n) is 5.39. The zero-order valence-corrected chi connectivity index (χ0v) is 9.36. The molecule has 0 heterocycles. The molecule has 1 aromatic rings. The largest absolute Gasteiger partial charge is 0.392 e. The van der Waals surface area contributed by atoms with E-state index in [1.165, 1.54) is 0 Å². The molecule has 0 saturated heterocycles. The number of carbonyl (C=O) groups excluding carboxylic acids is 1. The summed E-state index contributed by atoms with van der Waals surface area (Å²) >= 11 is 0. The molecule has 0 aromatic heterocycles. The molecule has 0 aliphatic carbocycles. The standard InChI is InChI=1S/C13H18O2/c1-3-13(15)10(2)8-11-6-4-5-7-12(11)9-14/h4-7,10,14H,3,8-9H2,1-2H3. The zero-order chi connectivity index (χ0) is 11.3. The van der Waals surface area contributed by atoms with E-state index >= 15 is 0 Å². The smallest absolute Gasteiger partial charge is 0.135 e. The summed E-state index contributed by atoms with van der Waals surface area (Å²) in [5.41, 5.74) is 2.00. The van der Waals surface area contributed by atoms with Gasteiger partial charge in [-0.25, -0.2) is 0 Å². The Morgan fingerprint density at radius 2 is 1.93 bits per heavy atom. The Hall–Kier alpha value is -1.15. The molecule has 1 atom stereocenters. The lowest BCUT2D eigenvalue weighted by Gasteiger charge is -2.11. The Labute approximate surface area is 90.9 Å². The molecule has 0 saturated carbocycles. The Balaban J connectivity index is 2.75. The van der Waals surface area contributed by atoms with Gasteiger partial charge >= 0.3 is 0 Å². The topological polar surface area (TPSA) is 37.3 Å². The van der Waals surface area contributed by atoms with Gasteiger partial charge in [0.1, 0.15) is 5.78 Å². The van der Waals surface area contributed by atoms with Gasteiger partial charge in [-0.15, -0.1) is 0 Å². The van der Waals surface area contributed by atoms with Crippen molar-refractivity contribution in [3.63, 3.8) is 0 Å². The first-order chi connectivity index (χ1) is 7.19. The minimum Gasteiger partial charge on any atom is -0.392 e. The van der Waals surface area contributed by atoms with Crippen LogP contribution in [0.1, 0.15) is 31.4 Å². The van der Waals surface area contributed by atoms with Crippen LogP contribution >= 0.6 is 0 Å². The summed E-state index contributed by atoms with van der Waals surface area (Å²) in [5, 5.41) is 9.14. The fraction of sp³-hybridized carbons (Fsp3) is 0.462. The maximum atomic E-state index is 11.5. The summed E-state index contributed by atoms with van der Waals surface area (Å²) < 4.78 is 0. The number of carbonyl (C=O) groups is 1. The van der Waals surface area contributed by atoms with Crippen LogP contribution in [0.2, 0.25) is 0 Å². The molecule has 0 fully saturated rings. The van der Waals surface area contributed by atoms with Crippen molar-refractivity contribution >= 4 is 5.78 Å². The Morgan fingerprint density at radius 3 is 2.47 bits per heavy atom. The quantitative estimate of drug-likeness (QED) is 0.802.